The first kappa shape index (κ1) is 11.5. The summed E-state index contributed by atoms with van der Waals surface area (Å²) in [6, 6.07) is 2.50. The van der Waals surface area contributed by atoms with Crippen molar-refractivity contribution in [2.75, 3.05) is 7.11 Å². The highest BCUT2D eigenvalue weighted by molar-refractivity contribution is 6.34. The van der Waals surface area contributed by atoms with Gasteiger partial charge in [0.05, 0.1) is 6.10 Å². The molecule has 1 aromatic carbocycles. The van der Waals surface area contributed by atoms with Crippen LogP contribution in [0.25, 0.3) is 0 Å². The second-order valence-corrected chi connectivity index (χ2v) is 3.86. The third kappa shape index (κ3) is 1.73. The Labute approximate surface area is 93.0 Å². The Morgan fingerprint density at radius 2 is 2.06 bits per heavy atom. The minimum absolute atomic E-state index is 0.125. The Hall–Kier alpha value is -0.965. The summed E-state index contributed by atoms with van der Waals surface area (Å²) >= 11 is 0. The van der Waals surface area contributed by atoms with Crippen molar-refractivity contribution in [3.63, 3.8) is 0 Å². The van der Waals surface area contributed by atoms with Gasteiger partial charge < -0.3 is 4.74 Å². The van der Waals surface area contributed by atoms with E-state index in [-0.39, 0.29) is 11.6 Å². The number of benzene rings is 1. The van der Waals surface area contributed by atoms with Gasteiger partial charge in [-0.15, -0.1) is 0 Å². The zero-order chi connectivity index (χ0) is 11.9. The number of methoxy groups -OCH3 is 1. The largest absolute Gasteiger partial charge is 0.415 e. The molecule has 1 unspecified atom stereocenters. The lowest BCUT2D eigenvalue weighted by atomic mass is 9.83. The highest BCUT2D eigenvalue weighted by atomic mass is 19.4. The van der Waals surface area contributed by atoms with Crippen LogP contribution in [0.2, 0.25) is 0 Å². The van der Waals surface area contributed by atoms with Gasteiger partial charge in [0.25, 0.3) is 0 Å². The van der Waals surface area contributed by atoms with Gasteiger partial charge in [-0.3, -0.25) is 0 Å². The SMILES string of the molecule is [B]c1c(C(F)(F)F)ccc2c1CCC2OC. The molecule has 0 spiro atoms. The first-order valence-corrected chi connectivity index (χ1v) is 4.96. The molecule has 2 rings (SSSR count). The number of rotatable bonds is 1. The molecule has 16 heavy (non-hydrogen) atoms. The second-order valence-electron chi connectivity index (χ2n) is 3.86. The second kappa shape index (κ2) is 3.80. The molecule has 1 aliphatic carbocycles. The van der Waals surface area contributed by atoms with E-state index in [0.717, 1.165) is 11.6 Å². The summed E-state index contributed by atoms with van der Waals surface area (Å²) in [5, 5.41) is 0. The van der Waals surface area contributed by atoms with E-state index in [1.165, 1.54) is 6.07 Å². The van der Waals surface area contributed by atoms with Gasteiger partial charge in [-0.05, 0) is 24.0 Å². The normalized spacial score (nSPS) is 19.9. The summed E-state index contributed by atoms with van der Waals surface area (Å²) in [5.41, 5.74) is 0.474. The molecule has 0 amide bonds. The van der Waals surface area contributed by atoms with Crippen molar-refractivity contribution in [2.24, 2.45) is 0 Å². The number of hydrogen-bond acceptors (Lipinski definition) is 1. The fraction of sp³-hybridized carbons (Fsp3) is 0.455. The number of fused-ring (bicyclic) bond motifs is 1. The van der Waals surface area contributed by atoms with Crippen molar-refractivity contribution in [3.8, 4) is 0 Å². The van der Waals surface area contributed by atoms with Gasteiger partial charge in [-0.25, -0.2) is 0 Å². The molecule has 0 bridgehead atoms. The van der Waals surface area contributed by atoms with Gasteiger partial charge in [0.15, 0.2) is 0 Å². The smallest absolute Gasteiger partial charge is 0.377 e. The number of alkyl halides is 3. The third-order valence-electron chi connectivity index (χ3n) is 2.99. The molecule has 0 fully saturated rings. The van der Waals surface area contributed by atoms with Crippen LogP contribution >= 0.6 is 0 Å². The maximum absolute atomic E-state index is 12.6. The molecular weight excluding hydrogens is 216 g/mol. The molecule has 0 N–H and O–H groups in total. The molecule has 1 aliphatic rings. The average Bonchev–Trinajstić information content (AvgIpc) is 2.60. The first-order valence-electron chi connectivity index (χ1n) is 4.96. The first-order chi connectivity index (χ1) is 7.45. The van der Waals surface area contributed by atoms with E-state index < -0.39 is 11.7 Å². The lowest BCUT2D eigenvalue weighted by Gasteiger charge is -2.15. The minimum atomic E-state index is -4.38. The summed E-state index contributed by atoms with van der Waals surface area (Å²) < 4.78 is 42.9. The lowest BCUT2D eigenvalue weighted by Crippen LogP contribution is -2.23. The molecule has 0 aliphatic heterocycles. The van der Waals surface area contributed by atoms with E-state index in [1.807, 2.05) is 0 Å². The predicted molar refractivity (Wildman–Crippen MR) is 54.9 cm³/mol. The van der Waals surface area contributed by atoms with E-state index in [4.69, 9.17) is 12.6 Å². The Kier molecular flexibility index (Phi) is 2.74. The summed E-state index contributed by atoms with van der Waals surface area (Å²) in [6.07, 6.45) is -3.27. The van der Waals surface area contributed by atoms with Gasteiger partial charge in [-0.1, -0.05) is 17.6 Å². The van der Waals surface area contributed by atoms with E-state index in [1.54, 1.807) is 7.11 Å². The summed E-state index contributed by atoms with van der Waals surface area (Å²) in [7, 11) is 7.11. The fourth-order valence-corrected chi connectivity index (χ4v) is 2.19. The standard InChI is InChI=1S/C11H10BF3O/c1-16-9-5-3-7-6(9)2-4-8(10(7)12)11(13,14)15/h2,4,9H,3,5H2,1H3. The maximum atomic E-state index is 12.6. The van der Waals surface area contributed by atoms with Crippen LogP contribution in [0.5, 0.6) is 0 Å². The van der Waals surface area contributed by atoms with Crippen LogP contribution in [0.3, 0.4) is 0 Å². The zero-order valence-corrected chi connectivity index (χ0v) is 8.77. The van der Waals surface area contributed by atoms with Gasteiger partial charge in [0, 0.05) is 12.7 Å². The molecule has 0 heterocycles. The lowest BCUT2D eigenvalue weighted by molar-refractivity contribution is -0.136. The monoisotopic (exact) mass is 226 g/mol. The Morgan fingerprint density at radius 3 is 2.62 bits per heavy atom. The Morgan fingerprint density at radius 1 is 1.38 bits per heavy atom. The maximum Gasteiger partial charge on any atom is 0.415 e. The molecule has 0 saturated carbocycles. The van der Waals surface area contributed by atoms with E-state index in [2.05, 4.69) is 0 Å². The third-order valence-corrected chi connectivity index (χ3v) is 2.99. The minimum Gasteiger partial charge on any atom is -0.377 e. The zero-order valence-electron chi connectivity index (χ0n) is 8.77. The molecular formula is C11H10BF3O. The molecule has 1 atom stereocenters. The Balaban J connectivity index is 2.51. The van der Waals surface area contributed by atoms with Gasteiger partial charge in [0.1, 0.15) is 7.85 Å². The van der Waals surface area contributed by atoms with Crippen LogP contribution in [0.4, 0.5) is 13.2 Å². The van der Waals surface area contributed by atoms with Gasteiger partial charge in [-0.2, -0.15) is 13.2 Å². The molecule has 84 valence electrons. The van der Waals surface area contributed by atoms with Crippen LogP contribution in [0.15, 0.2) is 12.1 Å². The van der Waals surface area contributed by atoms with Crippen LogP contribution in [0, 0.1) is 0 Å². The van der Waals surface area contributed by atoms with Gasteiger partial charge in [0.2, 0.25) is 0 Å². The molecule has 1 nitrogen and oxygen atoms in total. The molecule has 0 aromatic heterocycles. The Bertz CT molecular complexity index is 414. The van der Waals surface area contributed by atoms with E-state index in [0.29, 0.717) is 18.4 Å². The van der Waals surface area contributed by atoms with Crippen molar-refractivity contribution in [2.45, 2.75) is 25.1 Å². The summed E-state index contributed by atoms with van der Waals surface area (Å²) in [5.74, 6) is 0. The van der Waals surface area contributed by atoms with E-state index >= 15 is 0 Å². The van der Waals surface area contributed by atoms with Crippen molar-refractivity contribution >= 4 is 13.3 Å². The van der Waals surface area contributed by atoms with Crippen LogP contribution in [-0.4, -0.2) is 15.0 Å². The quantitative estimate of drug-likeness (QED) is 0.666. The summed E-state index contributed by atoms with van der Waals surface area (Å²) in [6.45, 7) is 0. The molecule has 5 heteroatoms. The average molecular weight is 226 g/mol. The highest BCUT2D eigenvalue weighted by Gasteiger charge is 2.35. The van der Waals surface area contributed by atoms with Crippen molar-refractivity contribution in [1.82, 2.24) is 0 Å². The molecule has 1 aromatic rings. The number of halogens is 3. The fourth-order valence-electron chi connectivity index (χ4n) is 2.19. The van der Waals surface area contributed by atoms with Crippen molar-refractivity contribution < 1.29 is 17.9 Å². The van der Waals surface area contributed by atoms with Gasteiger partial charge >= 0.3 is 6.18 Å². The molecule has 2 radical (unpaired) electrons. The van der Waals surface area contributed by atoms with Crippen LogP contribution in [-0.2, 0) is 17.3 Å². The van der Waals surface area contributed by atoms with E-state index in [9.17, 15) is 13.2 Å². The number of ether oxygens (including phenoxy) is 1. The van der Waals surface area contributed by atoms with Crippen molar-refractivity contribution in [1.29, 1.82) is 0 Å². The highest BCUT2D eigenvalue weighted by Crippen LogP contribution is 2.36. The molecule has 0 saturated heterocycles. The predicted octanol–water partition coefficient (Wildman–Crippen LogP) is 2.13. The van der Waals surface area contributed by atoms with Crippen molar-refractivity contribution in [3.05, 3.63) is 28.8 Å². The van der Waals surface area contributed by atoms with Crippen LogP contribution < -0.4 is 5.46 Å². The topological polar surface area (TPSA) is 9.23 Å². The summed E-state index contributed by atoms with van der Waals surface area (Å²) in [4.78, 5) is 0. The number of hydrogen-bond donors (Lipinski definition) is 0. The van der Waals surface area contributed by atoms with Crippen LogP contribution in [0.1, 0.15) is 29.2 Å².